The fourth-order valence-electron chi connectivity index (χ4n) is 1.90. The number of imidazole rings is 1. The smallest absolute Gasteiger partial charge is 0.416 e. The lowest BCUT2D eigenvalue weighted by Gasteiger charge is -2.08. The summed E-state index contributed by atoms with van der Waals surface area (Å²) in [6, 6.07) is 0. The van der Waals surface area contributed by atoms with E-state index in [2.05, 4.69) is 18.8 Å². The van der Waals surface area contributed by atoms with Gasteiger partial charge in [0.15, 0.2) is 0 Å². The van der Waals surface area contributed by atoms with Gasteiger partial charge in [0.2, 0.25) is 5.91 Å². The van der Waals surface area contributed by atoms with Crippen molar-refractivity contribution in [1.82, 2.24) is 14.5 Å². The van der Waals surface area contributed by atoms with Gasteiger partial charge in [0, 0.05) is 12.7 Å². The third-order valence-electron chi connectivity index (χ3n) is 3.05. The molecule has 6 nitrogen and oxygen atoms in total. The standard InChI is InChI=1S/C13H19N3O3/c1-10(2)3-4-15-8-11(14-9-15)7-12(17)16-5-6-19-13(16)18/h8-10H,3-7H2,1-2H3. The number of imide groups is 1. The van der Waals surface area contributed by atoms with E-state index in [1.54, 1.807) is 6.33 Å². The molecule has 0 unspecified atom stereocenters. The molecule has 0 atom stereocenters. The van der Waals surface area contributed by atoms with E-state index in [1.807, 2.05) is 10.8 Å². The second-order valence-corrected chi connectivity index (χ2v) is 5.12. The second kappa shape index (κ2) is 5.86. The van der Waals surface area contributed by atoms with Crippen LogP contribution in [0.3, 0.4) is 0 Å². The molecule has 1 aromatic rings. The monoisotopic (exact) mass is 265 g/mol. The summed E-state index contributed by atoms with van der Waals surface area (Å²) in [5.41, 5.74) is 0.688. The number of cyclic esters (lactones) is 1. The van der Waals surface area contributed by atoms with Gasteiger partial charge in [0.1, 0.15) is 6.61 Å². The fourth-order valence-corrected chi connectivity index (χ4v) is 1.90. The predicted octanol–water partition coefficient (Wildman–Crippen LogP) is 1.45. The number of carbonyl (C=O) groups is 2. The van der Waals surface area contributed by atoms with E-state index in [4.69, 9.17) is 4.74 Å². The van der Waals surface area contributed by atoms with Crippen molar-refractivity contribution in [3.8, 4) is 0 Å². The van der Waals surface area contributed by atoms with E-state index in [1.165, 1.54) is 0 Å². The quantitative estimate of drug-likeness (QED) is 0.808. The molecule has 2 amide bonds. The van der Waals surface area contributed by atoms with Gasteiger partial charge >= 0.3 is 6.09 Å². The number of nitrogens with zero attached hydrogens (tertiary/aromatic N) is 3. The molecule has 19 heavy (non-hydrogen) atoms. The van der Waals surface area contributed by atoms with E-state index in [0.717, 1.165) is 17.9 Å². The summed E-state index contributed by atoms with van der Waals surface area (Å²) >= 11 is 0. The van der Waals surface area contributed by atoms with E-state index < -0.39 is 6.09 Å². The number of rotatable bonds is 5. The molecule has 1 saturated heterocycles. The van der Waals surface area contributed by atoms with Crippen molar-refractivity contribution in [3.05, 3.63) is 18.2 Å². The highest BCUT2D eigenvalue weighted by Gasteiger charge is 2.28. The van der Waals surface area contributed by atoms with Crippen molar-refractivity contribution >= 4 is 12.0 Å². The van der Waals surface area contributed by atoms with E-state index in [0.29, 0.717) is 18.2 Å². The normalized spacial score (nSPS) is 15.1. The van der Waals surface area contributed by atoms with Crippen LogP contribution in [0, 0.1) is 5.92 Å². The first kappa shape index (κ1) is 13.6. The van der Waals surface area contributed by atoms with Gasteiger partial charge in [-0.3, -0.25) is 4.79 Å². The van der Waals surface area contributed by atoms with Crippen molar-refractivity contribution in [1.29, 1.82) is 0 Å². The van der Waals surface area contributed by atoms with Crippen LogP contribution in [0.5, 0.6) is 0 Å². The van der Waals surface area contributed by atoms with E-state index in [9.17, 15) is 9.59 Å². The number of hydrogen-bond acceptors (Lipinski definition) is 4. The van der Waals surface area contributed by atoms with Gasteiger partial charge in [0.25, 0.3) is 0 Å². The molecular formula is C13H19N3O3. The van der Waals surface area contributed by atoms with Crippen molar-refractivity contribution in [2.24, 2.45) is 5.92 Å². The first-order valence-corrected chi connectivity index (χ1v) is 6.54. The number of aryl methyl sites for hydroxylation is 1. The lowest BCUT2D eigenvalue weighted by atomic mass is 10.1. The molecule has 2 heterocycles. The first-order chi connectivity index (χ1) is 9.06. The van der Waals surface area contributed by atoms with Crippen LogP contribution in [0.15, 0.2) is 12.5 Å². The average molecular weight is 265 g/mol. The van der Waals surface area contributed by atoms with Crippen LogP contribution < -0.4 is 0 Å². The molecule has 1 aliphatic rings. The molecule has 1 aromatic heterocycles. The van der Waals surface area contributed by atoms with Gasteiger partial charge in [-0.1, -0.05) is 13.8 Å². The van der Waals surface area contributed by atoms with E-state index in [-0.39, 0.29) is 18.9 Å². The Kier molecular flexibility index (Phi) is 4.19. The molecule has 0 spiro atoms. The summed E-state index contributed by atoms with van der Waals surface area (Å²) in [5.74, 6) is 0.378. The van der Waals surface area contributed by atoms with Crippen molar-refractivity contribution < 1.29 is 14.3 Å². The Morgan fingerprint density at radius 3 is 2.95 bits per heavy atom. The Balaban J connectivity index is 1.89. The van der Waals surface area contributed by atoms with Crippen molar-refractivity contribution in [3.63, 3.8) is 0 Å². The number of ether oxygens (including phenoxy) is 1. The third-order valence-corrected chi connectivity index (χ3v) is 3.05. The maximum Gasteiger partial charge on any atom is 0.416 e. The molecule has 0 radical (unpaired) electrons. The minimum Gasteiger partial charge on any atom is -0.447 e. The molecule has 6 heteroatoms. The van der Waals surface area contributed by atoms with Crippen LogP contribution in [0.1, 0.15) is 26.0 Å². The van der Waals surface area contributed by atoms with Crippen molar-refractivity contribution in [2.45, 2.75) is 33.2 Å². The summed E-state index contributed by atoms with van der Waals surface area (Å²) in [5, 5.41) is 0. The highest BCUT2D eigenvalue weighted by atomic mass is 16.6. The Morgan fingerprint density at radius 2 is 2.32 bits per heavy atom. The number of carbonyl (C=O) groups excluding carboxylic acids is 2. The van der Waals surface area contributed by atoms with Crippen LogP contribution in [0.25, 0.3) is 0 Å². The zero-order chi connectivity index (χ0) is 13.8. The lowest BCUT2D eigenvalue weighted by molar-refractivity contribution is -0.127. The summed E-state index contributed by atoms with van der Waals surface area (Å²) < 4.78 is 6.71. The molecule has 0 aliphatic carbocycles. The van der Waals surface area contributed by atoms with Gasteiger partial charge in [-0.05, 0) is 12.3 Å². The SMILES string of the molecule is CC(C)CCn1cnc(CC(=O)N2CCOC2=O)c1. The largest absolute Gasteiger partial charge is 0.447 e. The highest BCUT2D eigenvalue weighted by molar-refractivity contribution is 5.93. The Bertz CT molecular complexity index is 467. The minimum atomic E-state index is -0.552. The zero-order valence-electron chi connectivity index (χ0n) is 11.3. The number of hydrogen-bond donors (Lipinski definition) is 0. The highest BCUT2D eigenvalue weighted by Crippen LogP contribution is 2.08. The topological polar surface area (TPSA) is 64.4 Å². The number of aromatic nitrogens is 2. The Morgan fingerprint density at radius 1 is 1.53 bits per heavy atom. The summed E-state index contributed by atoms with van der Waals surface area (Å²) in [6.07, 6.45) is 4.25. The molecule has 0 bridgehead atoms. The summed E-state index contributed by atoms with van der Waals surface area (Å²) in [6.45, 7) is 5.85. The molecule has 1 aliphatic heterocycles. The van der Waals surface area contributed by atoms with Gasteiger partial charge in [-0.2, -0.15) is 0 Å². The van der Waals surface area contributed by atoms with Gasteiger partial charge in [-0.15, -0.1) is 0 Å². The van der Waals surface area contributed by atoms with Crippen molar-refractivity contribution in [2.75, 3.05) is 13.2 Å². The fraction of sp³-hybridized carbons (Fsp3) is 0.615. The van der Waals surface area contributed by atoms with Gasteiger partial charge in [-0.25, -0.2) is 14.7 Å². The third kappa shape index (κ3) is 3.56. The average Bonchev–Trinajstić information content (AvgIpc) is 2.95. The van der Waals surface area contributed by atoms with Crippen LogP contribution >= 0.6 is 0 Å². The summed E-state index contributed by atoms with van der Waals surface area (Å²) in [4.78, 5) is 28.4. The molecule has 1 fully saturated rings. The maximum absolute atomic E-state index is 11.9. The van der Waals surface area contributed by atoms with E-state index >= 15 is 0 Å². The summed E-state index contributed by atoms with van der Waals surface area (Å²) in [7, 11) is 0. The van der Waals surface area contributed by atoms with Crippen LogP contribution in [-0.2, 0) is 22.5 Å². The first-order valence-electron chi connectivity index (χ1n) is 6.54. The molecule has 0 saturated carbocycles. The maximum atomic E-state index is 11.9. The molecule has 2 rings (SSSR count). The molecule has 104 valence electrons. The Hall–Kier alpha value is -1.85. The van der Waals surface area contributed by atoms with Gasteiger partial charge < -0.3 is 9.30 Å². The molecule has 0 N–H and O–H groups in total. The molecular weight excluding hydrogens is 246 g/mol. The number of amides is 2. The second-order valence-electron chi connectivity index (χ2n) is 5.12. The lowest BCUT2D eigenvalue weighted by Crippen LogP contribution is -2.32. The zero-order valence-corrected chi connectivity index (χ0v) is 11.3. The minimum absolute atomic E-state index is 0.143. The van der Waals surface area contributed by atoms with Crippen LogP contribution in [0.4, 0.5) is 4.79 Å². The Labute approximate surface area is 112 Å². The molecule has 0 aromatic carbocycles. The van der Waals surface area contributed by atoms with Crippen LogP contribution in [0.2, 0.25) is 0 Å². The van der Waals surface area contributed by atoms with Crippen LogP contribution in [-0.4, -0.2) is 39.6 Å². The van der Waals surface area contributed by atoms with Gasteiger partial charge in [0.05, 0.1) is 25.0 Å². The predicted molar refractivity (Wildman–Crippen MR) is 68.4 cm³/mol.